The summed E-state index contributed by atoms with van der Waals surface area (Å²) in [5, 5.41) is 5.64. The van der Waals surface area contributed by atoms with E-state index in [-0.39, 0.29) is 6.03 Å². The molecule has 3 heterocycles. The Kier molecular flexibility index (Phi) is 4.25. The van der Waals surface area contributed by atoms with Crippen LogP contribution in [0.3, 0.4) is 0 Å². The highest BCUT2D eigenvalue weighted by molar-refractivity contribution is 5.99. The lowest BCUT2D eigenvalue weighted by molar-refractivity contribution is 0.171. The van der Waals surface area contributed by atoms with Crippen LogP contribution in [0.2, 0.25) is 0 Å². The summed E-state index contributed by atoms with van der Waals surface area (Å²) in [4.78, 5) is 16.9. The molecule has 1 aliphatic heterocycles. The third-order valence-electron chi connectivity index (χ3n) is 4.58. The molecule has 0 fully saturated rings. The molecule has 1 aliphatic rings. The fraction of sp³-hybridized carbons (Fsp3) is 0.0909. The number of rotatable bonds is 3. The molecule has 144 valence electrons. The van der Waals surface area contributed by atoms with Crippen molar-refractivity contribution in [1.82, 2.24) is 9.38 Å². The molecule has 2 N–H and O–H groups in total. The van der Waals surface area contributed by atoms with Crippen molar-refractivity contribution in [3.05, 3.63) is 73.1 Å². The Hall–Kier alpha value is -4.00. The number of hydrogen-bond donors (Lipinski definition) is 2. The van der Waals surface area contributed by atoms with Crippen molar-refractivity contribution in [1.29, 1.82) is 0 Å². The molecule has 0 radical (unpaired) electrons. The topological polar surface area (TPSA) is 76.9 Å². The van der Waals surface area contributed by atoms with Gasteiger partial charge in [-0.3, -0.25) is 0 Å². The molecule has 2 aromatic heterocycles. The zero-order valence-corrected chi connectivity index (χ0v) is 15.5. The van der Waals surface area contributed by atoms with Gasteiger partial charge in [-0.15, -0.1) is 0 Å². The summed E-state index contributed by atoms with van der Waals surface area (Å²) in [5.41, 5.74) is 3.93. The minimum Gasteiger partial charge on any atom is -0.486 e. The second kappa shape index (κ2) is 7.20. The van der Waals surface area contributed by atoms with Crippen molar-refractivity contribution < 1.29 is 14.3 Å². The molecule has 5 rings (SSSR count). The van der Waals surface area contributed by atoms with Crippen molar-refractivity contribution in [2.75, 3.05) is 23.8 Å². The smallest absolute Gasteiger partial charge is 0.323 e. The van der Waals surface area contributed by atoms with E-state index in [1.54, 1.807) is 0 Å². The van der Waals surface area contributed by atoms with Gasteiger partial charge < -0.3 is 24.5 Å². The summed E-state index contributed by atoms with van der Waals surface area (Å²) < 4.78 is 13.1. The average Bonchev–Trinajstić information content (AvgIpc) is 3.17. The first-order chi connectivity index (χ1) is 14.2. The molecule has 0 aliphatic carbocycles. The Balaban J connectivity index is 1.37. The van der Waals surface area contributed by atoms with Crippen LogP contribution >= 0.6 is 0 Å². The average molecular weight is 386 g/mol. The van der Waals surface area contributed by atoms with Gasteiger partial charge in [-0.2, -0.15) is 0 Å². The van der Waals surface area contributed by atoms with Crippen LogP contribution in [0.4, 0.5) is 16.2 Å². The fourth-order valence-electron chi connectivity index (χ4n) is 3.22. The Labute approximate surface area is 166 Å². The molecule has 7 nitrogen and oxygen atoms in total. The number of carbonyl (C=O) groups excluding carboxylic acids is 1. The molecule has 0 saturated carbocycles. The van der Waals surface area contributed by atoms with Crippen LogP contribution in [0.5, 0.6) is 11.5 Å². The number of aromatic nitrogens is 2. The normalized spacial score (nSPS) is 12.6. The van der Waals surface area contributed by atoms with E-state index in [1.807, 2.05) is 77.5 Å². The number of anilines is 2. The number of amides is 2. The summed E-state index contributed by atoms with van der Waals surface area (Å²) >= 11 is 0. The van der Waals surface area contributed by atoms with E-state index in [1.165, 1.54) is 0 Å². The Morgan fingerprint density at radius 2 is 1.66 bits per heavy atom. The number of nitrogens with zero attached hydrogens (tertiary/aromatic N) is 2. The zero-order chi connectivity index (χ0) is 19.6. The third kappa shape index (κ3) is 3.58. The highest BCUT2D eigenvalue weighted by Gasteiger charge is 2.14. The van der Waals surface area contributed by atoms with E-state index in [0.29, 0.717) is 18.9 Å². The van der Waals surface area contributed by atoms with Crippen LogP contribution < -0.4 is 20.1 Å². The molecule has 0 bridgehead atoms. The Morgan fingerprint density at radius 3 is 2.52 bits per heavy atom. The molecule has 0 saturated heterocycles. The standard InChI is InChI=1S/C22H18N4O3/c27-22(23-16-4-2-1-3-5-16)24-17-7-9-21-25-18(14-26(21)13-17)15-6-8-19-20(12-15)29-11-10-28-19/h1-9,12-14H,10-11H2,(H2,23,24,27). The van der Waals surface area contributed by atoms with Gasteiger partial charge in [-0.05, 0) is 42.5 Å². The van der Waals surface area contributed by atoms with Crippen LogP contribution in [0.15, 0.2) is 73.1 Å². The summed E-state index contributed by atoms with van der Waals surface area (Å²) in [5.74, 6) is 1.48. The van der Waals surface area contributed by atoms with E-state index in [2.05, 4.69) is 15.6 Å². The molecule has 4 aromatic rings. The van der Waals surface area contributed by atoms with E-state index < -0.39 is 0 Å². The number of fused-ring (bicyclic) bond motifs is 2. The molecular weight excluding hydrogens is 368 g/mol. The predicted octanol–water partition coefficient (Wildman–Crippen LogP) is 4.42. The number of carbonyl (C=O) groups is 1. The van der Waals surface area contributed by atoms with Gasteiger partial charge in [0, 0.05) is 23.6 Å². The maximum absolute atomic E-state index is 12.2. The number of nitrogens with one attached hydrogen (secondary N) is 2. The maximum Gasteiger partial charge on any atom is 0.323 e. The molecule has 29 heavy (non-hydrogen) atoms. The monoisotopic (exact) mass is 386 g/mol. The first-order valence-electron chi connectivity index (χ1n) is 9.26. The minimum atomic E-state index is -0.303. The van der Waals surface area contributed by atoms with E-state index in [0.717, 1.165) is 34.1 Å². The van der Waals surface area contributed by atoms with E-state index >= 15 is 0 Å². The zero-order valence-electron chi connectivity index (χ0n) is 15.5. The SMILES string of the molecule is O=C(Nc1ccccc1)Nc1ccc2nc(-c3ccc4c(c3)OCCO4)cn2c1. The van der Waals surface area contributed by atoms with Crippen LogP contribution in [0.25, 0.3) is 16.9 Å². The van der Waals surface area contributed by atoms with Gasteiger partial charge in [0.1, 0.15) is 18.9 Å². The minimum absolute atomic E-state index is 0.303. The fourth-order valence-corrected chi connectivity index (χ4v) is 3.22. The molecular formula is C22H18N4O3. The lowest BCUT2D eigenvalue weighted by Gasteiger charge is -2.18. The molecule has 0 atom stereocenters. The molecule has 0 unspecified atom stereocenters. The molecule has 0 spiro atoms. The van der Waals surface area contributed by atoms with Crippen LogP contribution in [-0.4, -0.2) is 28.6 Å². The Bertz CT molecular complexity index is 1190. The third-order valence-corrected chi connectivity index (χ3v) is 4.58. The van der Waals surface area contributed by atoms with Crippen molar-refractivity contribution in [3.8, 4) is 22.8 Å². The van der Waals surface area contributed by atoms with Crippen molar-refractivity contribution >= 4 is 23.1 Å². The second-order valence-electron chi connectivity index (χ2n) is 6.61. The quantitative estimate of drug-likeness (QED) is 0.547. The van der Waals surface area contributed by atoms with Crippen LogP contribution in [0.1, 0.15) is 0 Å². The maximum atomic E-state index is 12.2. The van der Waals surface area contributed by atoms with Crippen LogP contribution in [0, 0.1) is 0 Å². The molecule has 2 amide bonds. The summed E-state index contributed by atoms with van der Waals surface area (Å²) in [6.45, 7) is 1.11. The van der Waals surface area contributed by atoms with Gasteiger partial charge in [0.25, 0.3) is 0 Å². The number of pyridine rings is 1. The van der Waals surface area contributed by atoms with Crippen LogP contribution in [-0.2, 0) is 0 Å². The number of imidazole rings is 1. The summed E-state index contributed by atoms with van der Waals surface area (Å²) in [6.07, 6.45) is 3.75. The lowest BCUT2D eigenvalue weighted by atomic mass is 10.1. The number of urea groups is 1. The predicted molar refractivity (Wildman–Crippen MR) is 111 cm³/mol. The van der Waals surface area contributed by atoms with Gasteiger partial charge in [-0.25, -0.2) is 9.78 Å². The van der Waals surface area contributed by atoms with Gasteiger partial charge in [0.05, 0.1) is 11.4 Å². The van der Waals surface area contributed by atoms with Crippen molar-refractivity contribution in [2.45, 2.75) is 0 Å². The van der Waals surface area contributed by atoms with Gasteiger partial charge in [0.15, 0.2) is 11.5 Å². The largest absolute Gasteiger partial charge is 0.486 e. The lowest BCUT2D eigenvalue weighted by Crippen LogP contribution is -2.19. The van der Waals surface area contributed by atoms with Crippen molar-refractivity contribution in [3.63, 3.8) is 0 Å². The highest BCUT2D eigenvalue weighted by Crippen LogP contribution is 2.34. The molecule has 7 heteroatoms. The molecule has 2 aromatic carbocycles. The second-order valence-corrected chi connectivity index (χ2v) is 6.61. The van der Waals surface area contributed by atoms with Crippen molar-refractivity contribution in [2.24, 2.45) is 0 Å². The number of hydrogen-bond acceptors (Lipinski definition) is 4. The first-order valence-corrected chi connectivity index (χ1v) is 9.26. The number of ether oxygens (including phenoxy) is 2. The summed E-state index contributed by atoms with van der Waals surface area (Å²) in [6, 6.07) is 18.5. The highest BCUT2D eigenvalue weighted by atomic mass is 16.6. The van der Waals surface area contributed by atoms with E-state index in [9.17, 15) is 4.79 Å². The van der Waals surface area contributed by atoms with Gasteiger partial charge >= 0.3 is 6.03 Å². The summed E-state index contributed by atoms with van der Waals surface area (Å²) in [7, 11) is 0. The Morgan fingerprint density at radius 1 is 0.862 bits per heavy atom. The van der Waals surface area contributed by atoms with E-state index in [4.69, 9.17) is 9.47 Å². The number of para-hydroxylation sites is 1. The number of benzene rings is 2. The van der Waals surface area contributed by atoms with Gasteiger partial charge in [-0.1, -0.05) is 18.2 Å². The first kappa shape index (κ1) is 17.1. The van der Waals surface area contributed by atoms with Gasteiger partial charge in [0.2, 0.25) is 0 Å².